The summed E-state index contributed by atoms with van der Waals surface area (Å²) in [7, 11) is 0. The molecular weight excluding hydrogens is 319 g/mol. The number of hydrogen-bond acceptors (Lipinski definition) is 3. The van der Waals surface area contributed by atoms with Gasteiger partial charge in [0.2, 0.25) is 0 Å². The van der Waals surface area contributed by atoms with Gasteiger partial charge in [0.05, 0.1) is 11.6 Å². The van der Waals surface area contributed by atoms with Crippen molar-refractivity contribution in [2.24, 2.45) is 0 Å². The average molecular weight is 333 g/mol. The summed E-state index contributed by atoms with van der Waals surface area (Å²) in [5.41, 5.74) is 2.34. The van der Waals surface area contributed by atoms with Crippen LogP contribution < -0.4 is 10.6 Å². The molecule has 0 spiro atoms. The molecule has 0 aliphatic rings. The van der Waals surface area contributed by atoms with Gasteiger partial charge in [0.15, 0.2) is 0 Å². The van der Waals surface area contributed by atoms with E-state index in [9.17, 15) is 18.0 Å². The fourth-order valence-corrected chi connectivity index (χ4v) is 1.98. The molecule has 0 saturated heterocycles. The molecule has 124 valence electrons. The van der Waals surface area contributed by atoms with Gasteiger partial charge in [-0.1, -0.05) is 12.1 Å². The Morgan fingerprint density at radius 2 is 1.83 bits per heavy atom. The summed E-state index contributed by atoms with van der Waals surface area (Å²) >= 11 is 0. The van der Waals surface area contributed by atoms with Crippen molar-refractivity contribution in [3.63, 3.8) is 0 Å². The number of amides is 1. The topological polar surface area (TPSA) is 64.9 Å². The van der Waals surface area contributed by atoms with Crippen molar-refractivity contribution in [2.45, 2.75) is 12.7 Å². The van der Waals surface area contributed by atoms with Gasteiger partial charge in [0, 0.05) is 17.8 Å². The third kappa shape index (κ3) is 5.32. The first kappa shape index (κ1) is 17.3. The highest BCUT2D eigenvalue weighted by molar-refractivity contribution is 5.94. The van der Waals surface area contributed by atoms with Crippen molar-refractivity contribution in [1.29, 1.82) is 5.26 Å². The van der Waals surface area contributed by atoms with E-state index in [1.165, 1.54) is 12.1 Å². The zero-order valence-electron chi connectivity index (χ0n) is 12.5. The Kier molecular flexibility index (Phi) is 5.42. The number of carbonyl (C=O) groups excluding carboxylic acids is 1. The van der Waals surface area contributed by atoms with Crippen molar-refractivity contribution in [3.8, 4) is 6.07 Å². The summed E-state index contributed by atoms with van der Waals surface area (Å²) in [4.78, 5) is 11.6. The molecule has 0 heterocycles. The number of carbonyl (C=O) groups is 1. The summed E-state index contributed by atoms with van der Waals surface area (Å²) in [6.07, 6.45) is -4.44. The van der Waals surface area contributed by atoms with Gasteiger partial charge >= 0.3 is 6.18 Å². The largest absolute Gasteiger partial charge is 0.405 e. The highest BCUT2D eigenvalue weighted by Crippen LogP contribution is 2.14. The zero-order valence-corrected chi connectivity index (χ0v) is 12.5. The molecule has 2 aromatic carbocycles. The predicted molar refractivity (Wildman–Crippen MR) is 83.3 cm³/mol. The lowest BCUT2D eigenvalue weighted by Crippen LogP contribution is -2.33. The SMILES string of the molecule is N#Cc1cccc(CNc2ccc(C(=O)NCC(F)(F)F)cc2)c1. The number of nitrogens with zero attached hydrogens (tertiary/aromatic N) is 1. The molecular formula is C17H14F3N3O. The zero-order chi connectivity index (χ0) is 17.6. The first-order chi connectivity index (χ1) is 11.4. The fraction of sp³-hybridized carbons (Fsp3) is 0.176. The van der Waals surface area contributed by atoms with E-state index in [0.29, 0.717) is 17.8 Å². The van der Waals surface area contributed by atoms with Crippen molar-refractivity contribution < 1.29 is 18.0 Å². The monoisotopic (exact) mass is 333 g/mol. The Morgan fingerprint density at radius 3 is 2.46 bits per heavy atom. The normalized spacial score (nSPS) is 10.8. The molecule has 1 amide bonds. The minimum absolute atomic E-state index is 0.149. The molecule has 0 saturated carbocycles. The van der Waals surface area contributed by atoms with E-state index < -0.39 is 18.6 Å². The molecule has 0 unspecified atom stereocenters. The van der Waals surface area contributed by atoms with E-state index in [0.717, 1.165) is 5.56 Å². The van der Waals surface area contributed by atoms with Gasteiger partial charge in [-0.3, -0.25) is 4.79 Å². The number of hydrogen-bond donors (Lipinski definition) is 2. The second-order valence-corrected chi connectivity index (χ2v) is 5.04. The molecule has 0 atom stereocenters. The summed E-state index contributed by atoms with van der Waals surface area (Å²) < 4.78 is 36.2. The molecule has 0 aromatic heterocycles. The number of halogens is 3. The second-order valence-electron chi connectivity index (χ2n) is 5.04. The molecule has 24 heavy (non-hydrogen) atoms. The molecule has 0 fully saturated rings. The highest BCUT2D eigenvalue weighted by atomic mass is 19.4. The predicted octanol–water partition coefficient (Wildman–Crippen LogP) is 3.46. The van der Waals surface area contributed by atoms with Gasteiger partial charge in [-0.25, -0.2) is 0 Å². The molecule has 0 bridgehead atoms. The quantitative estimate of drug-likeness (QED) is 0.881. The average Bonchev–Trinajstić information content (AvgIpc) is 2.58. The maximum atomic E-state index is 12.1. The van der Waals surface area contributed by atoms with Crippen LogP contribution >= 0.6 is 0 Å². The number of anilines is 1. The van der Waals surface area contributed by atoms with Crippen molar-refractivity contribution >= 4 is 11.6 Å². The Morgan fingerprint density at radius 1 is 1.12 bits per heavy atom. The minimum Gasteiger partial charge on any atom is -0.381 e. The van der Waals surface area contributed by atoms with Gasteiger partial charge in [-0.2, -0.15) is 18.4 Å². The first-order valence-corrected chi connectivity index (χ1v) is 7.05. The number of nitrogens with one attached hydrogen (secondary N) is 2. The number of rotatable bonds is 5. The summed E-state index contributed by atoms with van der Waals surface area (Å²) in [6.45, 7) is -0.879. The Hall–Kier alpha value is -3.01. The summed E-state index contributed by atoms with van der Waals surface area (Å²) in [5.74, 6) is -0.777. The van der Waals surface area contributed by atoms with Gasteiger partial charge in [-0.15, -0.1) is 0 Å². The molecule has 0 aliphatic carbocycles. The first-order valence-electron chi connectivity index (χ1n) is 7.05. The van der Waals surface area contributed by atoms with Crippen molar-refractivity contribution in [3.05, 3.63) is 65.2 Å². The lowest BCUT2D eigenvalue weighted by molar-refractivity contribution is -0.123. The number of benzene rings is 2. The van der Waals surface area contributed by atoms with Crippen LogP contribution in [0.1, 0.15) is 21.5 Å². The molecule has 4 nitrogen and oxygen atoms in total. The van der Waals surface area contributed by atoms with Crippen molar-refractivity contribution in [1.82, 2.24) is 5.32 Å². The molecule has 2 aromatic rings. The summed E-state index contributed by atoms with van der Waals surface area (Å²) in [6, 6.07) is 15.3. The molecule has 2 rings (SSSR count). The Labute approximate surface area is 136 Å². The third-order valence-corrected chi connectivity index (χ3v) is 3.15. The molecule has 0 aliphatic heterocycles. The molecule has 7 heteroatoms. The van der Waals surface area contributed by atoms with E-state index in [2.05, 4.69) is 11.4 Å². The van der Waals surface area contributed by atoms with Crippen LogP contribution in [-0.2, 0) is 6.54 Å². The van der Waals surface area contributed by atoms with Gasteiger partial charge in [-0.05, 0) is 42.0 Å². The van der Waals surface area contributed by atoms with Crippen LogP contribution in [0.3, 0.4) is 0 Å². The molecule has 0 radical (unpaired) electrons. The van der Waals surface area contributed by atoms with Crippen LogP contribution in [0.2, 0.25) is 0 Å². The van der Waals surface area contributed by atoms with Crippen LogP contribution in [0.15, 0.2) is 48.5 Å². The van der Waals surface area contributed by atoms with E-state index in [1.54, 1.807) is 30.3 Å². The fourth-order valence-electron chi connectivity index (χ4n) is 1.98. The van der Waals surface area contributed by atoms with Gasteiger partial charge in [0.1, 0.15) is 6.54 Å². The van der Waals surface area contributed by atoms with E-state index >= 15 is 0 Å². The van der Waals surface area contributed by atoms with Gasteiger partial charge < -0.3 is 10.6 Å². The van der Waals surface area contributed by atoms with Gasteiger partial charge in [0.25, 0.3) is 5.91 Å². The molecule has 2 N–H and O–H groups in total. The smallest absolute Gasteiger partial charge is 0.381 e. The third-order valence-electron chi connectivity index (χ3n) is 3.15. The maximum Gasteiger partial charge on any atom is 0.405 e. The van der Waals surface area contributed by atoms with Crippen LogP contribution in [0, 0.1) is 11.3 Å². The Balaban J connectivity index is 1.92. The number of nitriles is 1. The number of alkyl halides is 3. The second kappa shape index (κ2) is 7.51. The maximum absolute atomic E-state index is 12.1. The lowest BCUT2D eigenvalue weighted by Gasteiger charge is -2.10. The Bertz CT molecular complexity index is 749. The van der Waals surface area contributed by atoms with Crippen LogP contribution in [0.4, 0.5) is 18.9 Å². The highest BCUT2D eigenvalue weighted by Gasteiger charge is 2.27. The van der Waals surface area contributed by atoms with E-state index in [-0.39, 0.29) is 5.56 Å². The van der Waals surface area contributed by atoms with E-state index in [4.69, 9.17) is 5.26 Å². The lowest BCUT2D eigenvalue weighted by atomic mass is 10.1. The van der Waals surface area contributed by atoms with Crippen LogP contribution in [0.5, 0.6) is 0 Å². The summed E-state index contributed by atoms with van der Waals surface area (Å²) in [5, 5.41) is 13.8. The van der Waals surface area contributed by atoms with E-state index in [1.807, 2.05) is 11.4 Å². The van der Waals surface area contributed by atoms with Crippen LogP contribution in [0.25, 0.3) is 0 Å². The minimum atomic E-state index is -4.44. The van der Waals surface area contributed by atoms with Crippen LogP contribution in [-0.4, -0.2) is 18.6 Å². The van der Waals surface area contributed by atoms with Crippen molar-refractivity contribution in [2.75, 3.05) is 11.9 Å². The standard InChI is InChI=1S/C17H14F3N3O/c18-17(19,20)11-23-16(24)14-4-6-15(7-5-14)22-10-13-3-1-2-12(8-13)9-21/h1-8,22H,10-11H2,(H,23,24).